The summed E-state index contributed by atoms with van der Waals surface area (Å²) in [6.07, 6.45) is -13.2. The van der Waals surface area contributed by atoms with Gasteiger partial charge in [0.15, 0.2) is 0 Å². The van der Waals surface area contributed by atoms with Gasteiger partial charge in [-0.1, -0.05) is 0 Å². The molecule has 15 heavy (non-hydrogen) atoms. The molecule has 0 saturated carbocycles. The van der Waals surface area contributed by atoms with Crippen molar-refractivity contribution in [2.24, 2.45) is 0 Å². The molecule has 0 aromatic carbocycles. The standard InChI is InChI=1S/C5H3F8NO/c6-1-5(12,13)15-2(7)4(10,11)14(1)3(8)9/h1-3H/t1-,2+/m0/s1. The van der Waals surface area contributed by atoms with E-state index in [4.69, 9.17) is 0 Å². The van der Waals surface area contributed by atoms with Crippen LogP contribution in [-0.4, -0.2) is 36.3 Å². The van der Waals surface area contributed by atoms with Gasteiger partial charge in [0, 0.05) is 0 Å². The van der Waals surface area contributed by atoms with Crippen LogP contribution in [0, 0.1) is 0 Å². The van der Waals surface area contributed by atoms with Crippen molar-refractivity contribution < 1.29 is 39.9 Å². The summed E-state index contributed by atoms with van der Waals surface area (Å²) < 4.78 is 101. The third-order valence-corrected chi connectivity index (χ3v) is 1.61. The first kappa shape index (κ1) is 12.4. The van der Waals surface area contributed by atoms with Crippen molar-refractivity contribution in [1.29, 1.82) is 0 Å². The third-order valence-electron chi connectivity index (χ3n) is 1.61. The molecule has 0 radical (unpaired) electrons. The summed E-state index contributed by atoms with van der Waals surface area (Å²) in [6.45, 7) is -4.29. The Balaban J connectivity index is 3.06. The zero-order valence-corrected chi connectivity index (χ0v) is 6.61. The maximum Gasteiger partial charge on any atom is 0.403 e. The van der Waals surface area contributed by atoms with Crippen LogP contribution in [-0.2, 0) is 4.74 Å². The van der Waals surface area contributed by atoms with Crippen LogP contribution < -0.4 is 0 Å². The van der Waals surface area contributed by atoms with E-state index < -0.39 is 36.3 Å². The van der Waals surface area contributed by atoms with Crippen LogP contribution in [0.5, 0.6) is 0 Å². The first-order valence-corrected chi connectivity index (χ1v) is 3.39. The van der Waals surface area contributed by atoms with Gasteiger partial charge in [0.05, 0.1) is 0 Å². The van der Waals surface area contributed by atoms with Gasteiger partial charge in [-0.15, -0.1) is 4.90 Å². The van der Waals surface area contributed by atoms with Gasteiger partial charge in [0.2, 0.25) is 0 Å². The topological polar surface area (TPSA) is 12.5 Å². The molecule has 0 amide bonds. The summed E-state index contributed by atoms with van der Waals surface area (Å²) in [6, 6.07) is -5.16. The summed E-state index contributed by atoms with van der Waals surface area (Å²) in [5.41, 5.74) is 0. The molecule has 0 unspecified atom stereocenters. The maximum atomic E-state index is 12.5. The van der Waals surface area contributed by atoms with Crippen LogP contribution >= 0.6 is 0 Å². The highest BCUT2D eigenvalue weighted by Crippen LogP contribution is 2.44. The number of halogens is 8. The van der Waals surface area contributed by atoms with Gasteiger partial charge < -0.3 is 0 Å². The quantitative estimate of drug-likeness (QED) is 0.519. The van der Waals surface area contributed by atoms with Gasteiger partial charge in [0.25, 0.3) is 12.7 Å². The maximum absolute atomic E-state index is 12.5. The van der Waals surface area contributed by atoms with E-state index in [2.05, 4.69) is 4.74 Å². The predicted octanol–water partition coefficient (Wildman–Crippen LogP) is 2.32. The SMILES string of the molecule is FC(F)N1[C@H](F)C(F)(F)O[C@@H](F)C1(F)F. The van der Waals surface area contributed by atoms with Crippen molar-refractivity contribution in [1.82, 2.24) is 4.90 Å². The molecule has 90 valence electrons. The van der Waals surface area contributed by atoms with Gasteiger partial charge in [-0.2, -0.15) is 26.3 Å². The van der Waals surface area contributed by atoms with Crippen LogP contribution in [0.15, 0.2) is 0 Å². The lowest BCUT2D eigenvalue weighted by molar-refractivity contribution is -0.463. The molecule has 1 aliphatic heterocycles. The third kappa shape index (κ3) is 1.87. The molecule has 1 fully saturated rings. The summed E-state index contributed by atoms with van der Waals surface area (Å²) >= 11 is 0. The van der Waals surface area contributed by atoms with Gasteiger partial charge >= 0.3 is 18.7 Å². The Morgan fingerprint density at radius 1 is 1.07 bits per heavy atom. The van der Waals surface area contributed by atoms with E-state index in [1.807, 2.05) is 0 Å². The van der Waals surface area contributed by atoms with E-state index in [0.717, 1.165) is 0 Å². The largest absolute Gasteiger partial charge is 0.403 e. The number of ether oxygens (including phenoxy) is 1. The molecule has 2 nitrogen and oxygen atoms in total. The number of rotatable bonds is 1. The Morgan fingerprint density at radius 3 is 1.93 bits per heavy atom. The normalized spacial score (nSPS) is 35.8. The second-order valence-electron chi connectivity index (χ2n) is 2.60. The fourth-order valence-corrected chi connectivity index (χ4v) is 0.924. The van der Waals surface area contributed by atoms with Crippen molar-refractivity contribution in [3.8, 4) is 0 Å². The number of hydrogen-bond donors (Lipinski definition) is 0. The molecule has 0 spiro atoms. The van der Waals surface area contributed by atoms with Gasteiger partial charge in [-0.05, 0) is 0 Å². The van der Waals surface area contributed by atoms with Crippen LogP contribution in [0.1, 0.15) is 0 Å². The lowest BCUT2D eigenvalue weighted by Gasteiger charge is -2.41. The van der Waals surface area contributed by atoms with E-state index in [-0.39, 0.29) is 0 Å². The highest BCUT2D eigenvalue weighted by atomic mass is 19.3. The molecule has 1 aliphatic rings. The predicted molar refractivity (Wildman–Crippen MR) is 28.6 cm³/mol. The summed E-state index contributed by atoms with van der Waals surface area (Å²) in [7, 11) is 0. The average Bonchev–Trinajstić information content (AvgIpc) is 1.99. The molecule has 2 atom stereocenters. The molecule has 1 saturated heterocycles. The minimum atomic E-state index is -5.16. The highest BCUT2D eigenvalue weighted by Gasteiger charge is 2.68. The van der Waals surface area contributed by atoms with Crippen LogP contribution in [0.4, 0.5) is 35.1 Å². The first-order chi connectivity index (χ1) is 6.60. The van der Waals surface area contributed by atoms with Crippen molar-refractivity contribution in [2.45, 2.75) is 31.4 Å². The minimum Gasteiger partial charge on any atom is -0.275 e. The van der Waals surface area contributed by atoms with Crippen molar-refractivity contribution in [3.05, 3.63) is 0 Å². The first-order valence-electron chi connectivity index (χ1n) is 3.39. The summed E-state index contributed by atoms with van der Waals surface area (Å²) in [4.78, 5) is -1.87. The zero-order valence-electron chi connectivity index (χ0n) is 6.61. The van der Waals surface area contributed by atoms with Crippen LogP contribution in [0.2, 0.25) is 0 Å². The molecule has 0 N–H and O–H groups in total. The Labute approximate surface area is 77.4 Å². The molecule has 1 rings (SSSR count). The van der Waals surface area contributed by atoms with Gasteiger partial charge in [-0.3, -0.25) is 4.74 Å². The van der Waals surface area contributed by atoms with Gasteiger partial charge in [-0.25, -0.2) is 8.78 Å². The Hall–Kier alpha value is -0.640. The lowest BCUT2D eigenvalue weighted by atomic mass is 10.3. The molecule has 10 heteroatoms. The molecular formula is C5H3F8NO. The Bertz CT molecular complexity index is 245. The molecular weight excluding hydrogens is 242 g/mol. The highest BCUT2D eigenvalue weighted by molar-refractivity contribution is 4.85. The Kier molecular flexibility index (Phi) is 2.85. The fraction of sp³-hybridized carbons (Fsp3) is 1.00. The van der Waals surface area contributed by atoms with E-state index in [9.17, 15) is 35.1 Å². The van der Waals surface area contributed by atoms with Gasteiger partial charge in [0.1, 0.15) is 0 Å². The summed E-state index contributed by atoms with van der Waals surface area (Å²) in [5.74, 6) is 0. The Morgan fingerprint density at radius 2 is 1.53 bits per heavy atom. The number of hydrogen-bond acceptors (Lipinski definition) is 2. The zero-order chi connectivity index (χ0) is 12.0. The van der Waals surface area contributed by atoms with E-state index >= 15 is 0 Å². The molecule has 0 bridgehead atoms. The second-order valence-corrected chi connectivity index (χ2v) is 2.60. The number of nitrogens with zero attached hydrogens (tertiary/aromatic N) is 1. The number of morpholine rings is 1. The van der Waals surface area contributed by atoms with Crippen molar-refractivity contribution in [2.75, 3.05) is 0 Å². The van der Waals surface area contributed by atoms with Crippen molar-refractivity contribution in [3.63, 3.8) is 0 Å². The van der Waals surface area contributed by atoms with E-state index in [0.29, 0.717) is 0 Å². The smallest absolute Gasteiger partial charge is 0.275 e. The van der Waals surface area contributed by atoms with E-state index in [1.165, 1.54) is 0 Å². The average molecular weight is 245 g/mol. The molecule has 0 aromatic heterocycles. The lowest BCUT2D eigenvalue weighted by Crippen LogP contribution is -2.66. The molecule has 1 heterocycles. The van der Waals surface area contributed by atoms with Crippen LogP contribution in [0.3, 0.4) is 0 Å². The molecule has 0 aliphatic carbocycles. The van der Waals surface area contributed by atoms with Crippen molar-refractivity contribution >= 4 is 0 Å². The van der Waals surface area contributed by atoms with E-state index in [1.54, 1.807) is 0 Å². The van der Waals surface area contributed by atoms with Crippen LogP contribution in [0.25, 0.3) is 0 Å². The monoisotopic (exact) mass is 245 g/mol. The summed E-state index contributed by atoms with van der Waals surface area (Å²) in [5, 5.41) is 0. The fourth-order valence-electron chi connectivity index (χ4n) is 0.924. The second kappa shape index (κ2) is 3.44. The minimum absolute atomic E-state index is 1.87. The number of alkyl halides is 8. The molecule has 0 aromatic rings.